The molecule has 1 N–H and O–H groups in total. The first-order valence-electron chi connectivity index (χ1n) is 4.62. The van der Waals surface area contributed by atoms with Crippen molar-refractivity contribution in [2.45, 2.75) is 12.6 Å². The van der Waals surface area contributed by atoms with Crippen molar-refractivity contribution in [3.05, 3.63) is 35.5 Å². The van der Waals surface area contributed by atoms with Gasteiger partial charge in [0.05, 0.1) is 5.69 Å². The predicted molar refractivity (Wildman–Crippen MR) is 53.5 cm³/mol. The third kappa shape index (κ3) is 1.80. The number of H-pyrrole nitrogens is 1. The molecule has 0 bridgehead atoms. The summed E-state index contributed by atoms with van der Waals surface area (Å²) in [6.07, 6.45) is -4.72. The molecule has 0 radical (unpaired) electrons. The highest BCUT2D eigenvalue weighted by Gasteiger charge is 2.21. The lowest BCUT2D eigenvalue weighted by molar-refractivity contribution is 0.0496. The zero-order valence-corrected chi connectivity index (χ0v) is 8.08. The molecule has 5 heteroatoms. The van der Waals surface area contributed by atoms with Crippen molar-refractivity contribution in [1.82, 2.24) is 4.98 Å². The van der Waals surface area contributed by atoms with E-state index < -0.39 is 12.6 Å². The maximum absolute atomic E-state index is 13.0. The summed E-state index contributed by atoms with van der Waals surface area (Å²) in [7, 11) is 0. The van der Waals surface area contributed by atoms with E-state index in [2.05, 4.69) is 4.98 Å². The molecule has 1 atom stereocenters. The summed E-state index contributed by atoms with van der Waals surface area (Å²) in [6, 6.07) is 5.57. The fourth-order valence-electron chi connectivity index (χ4n) is 1.55. The van der Waals surface area contributed by atoms with Crippen molar-refractivity contribution in [3.63, 3.8) is 0 Å². The van der Waals surface area contributed by atoms with Crippen LogP contribution in [0.1, 0.15) is 22.2 Å². The van der Waals surface area contributed by atoms with E-state index >= 15 is 0 Å². The Morgan fingerprint density at radius 3 is 2.56 bits per heavy atom. The van der Waals surface area contributed by atoms with Crippen molar-refractivity contribution in [2.75, 3.05) is 0 Å². The Morgan fingerprint density at radius 2 is 1.94 bits per heavy atom. The van der Waals surface area contributed by atoms with Crippen LogP contribution in [0.25, 0.3) is 10.9 Å². The number of aldehydes is 1. The molecule has 1 aromatic heterocycles. The normalized spacial score (nSPS) is 13.2. The summed E-state index contributed by atoms with van der Waals surface area (Å²) in [5.41, 5.74) is 0.867. The number of aromatic amines is 1. The quantitative estimate of drug-likeness (QED) is 0.802. The number of carbonyl (C=O) groups is 1. The van der Waals surface area contributed by atoms with Gasteiger partial charge in [-0.15, -0.1) is 0 Å². The SMILES string of the molecule is O=Cc1cc2cc(C(F)C(F)F)ccc2[nH]1. The molecule has 0 saturated heterocycles. The maximum atomic E-state index is 13.0. The summed E-state index contributed by atoms with van der Waals surface area (Å²) >= 11 is 0. The fourth-order valence-corrected chi connectivity index (χ4v) is 1.55. The molecule has 0 saturated carbocycles. The summed E-state index contributed by atoms with van der Waals surface area (Å²) in [6.45, 7) is 0. The number of hydrogen-bond acceptors (Lipinski definition) is 1. The minimum absolute atomic E-state index is 0.0843. The Morgan fingerprint density at radius 1 is 1.19 bits per heavy atom. The lowest BCUT2D eigenvalue weighted by Gasteiger charge is -2.06. The van der Waals surface area contributed by atoms with Crippen molar-refractivity contribution in [1.29, 1.82) is 0 Å². The molecule has 1 unspecified atom stereocenters. The highest BCUT2D eigenvalue weighted by Crippen LogP contribution is 2.27. The second-order valence-corrected chi connectivity index (χ2v) is 3.43. The number of aromatic nitrogens is 1. The van der Waals surface area contributed by atoms with Crippen molar-refractivity contribution in [2.24, 2.45) is 0 Å². The number of nitrogens with one attached hydrogen (secondary N) is 1. The van der Waals surface area contributed by atoms with Gasteiger partial charge in [0.25, 0.3) is 6.43 Å². The van der Waals surface area contributed by atoms with Crippen LogP contribution in [-0.4, -0.2) is 17.7 Å². The largest absolute Gasteiger partial charge is 0.352 e. The number of fused-ring (bicyclic) bond motifs is 1. The zero-order chi connectivity index (χ0) is 11.7. The molecule has 1 aromatic carbocycles. The Kier molecular flexibility index (Phi) is 2.68. The van der Waals surface area contributed by atoms with E-state index in [4.69, 9.17) is 0 Å². The highest BCUT2D eigenvalue weighted by atomic mass is 19.3. The smallest absolute Gasteiger partial charge is 0.273 e. The van der Waals surface area contributed by atoms with E-state index in [-0.39, 0.29) is 5.56 Å². The van der Waals surface area contributed by atoms with Crippen LogP contribution in [-0.2, 0) is 0 Å². The number of rotatable bonds is 3. The summed E-state index contributed by atoms with van der Waals surface area (Å²) in [5.74, 6) is 0. The van der Waals surface area contributed by atoms with Crippen molar-refractivity contribution >= 4 is 17.2 Å². The first-order chi connectivity index (χ1) is 7.61. The van der Waals surface area contributed by atoms with Crippen molar-refractivity contribution < 1.29 is 18.0 Å². The number of halogens is 3. The molecule has 0 aliphatic heterocycles. The van der Waals surface area contributed by atoms with E-state index in [0.717, 1.165) is 0 Å². The average Bonchev–Trinajstić information content (AvgIpc) is 2.69. The molecule has 0 spiro atoms. The minimum atomic E-state index is -3.04. The minimum Gasteiger partial charge on any atom is -0.352 e. The van der Waals surface area contributed by atoms with E-state index in [1.54, 1.807) is 0 Å². The molecule has 0 fully saturated rings. The third-order valence-corrected chi connectivity index (χ3v) is 2.33. The van der Waals surface area contributed by atoms with Gasteiger partial charge in [0.1, 0.15) is 0 Å². The first kappa shape index (κ1) is 10.7. The van der Waals surface area contributed by atoms with Crippen LogP contribution in [0.4, 0.5) is 13.2 Å². The lowest BCUT2D eigenvalue weighted by atomic mass is 10.1. The van der Waals surface area contributed by atoms with Gasteiger partial charge in [-0.2, -0.15) is 0 Å². The number of carbonyl (C=O) groups excluding carboxylic acids is 1. The van der Waals surface area contributed by atoms with Gasteiger partial charge in [0, 0.05) is 10.9 Å². The summed E-state index contributed by atoms with van der Waals surface area (Å²) in [5, 5.41) is 0.544. The zero-order valence-electron chi connectivity index (χ0n) is 8.08. The molecule has 0 amide bonds. The van der Waals surface area contributed by atoms with Gasteiger partial charge < -0.3 is 4.98 Å². The molecule has 2 aromatic rings. The topological polar surface area (TPSA) is 32.9 Å². The van der Waals surface area contributed by atoms with Gasteiger partial charge >= 0.3 is 0 Å². The Labute approximate surface area is 89.1 Å². The van der Waals surface area contributed by atoms with Crippen LogP contribution in [0.5, 0.6) is 0 Å². The maximum Gasteiger partial charge on any atom is 0.273 e. The molecule has 0 aliphatic rings. The van der Waals surface area contributed by atoms with Crippen LogP contribution in [0.15, 0.2) is 24.3 Å². The lowest BCUT2D eigenvalue weighted by Crippen LogP contribution is -2.02. The molecule has 84 valence electrons. The van der Waals surface area contributed by atoms with Crippen LogP contribution in [0.2, 0.25) is 0 Å². The van der Waals surface area contributed by atoms with Crippen molar-refractivity contribution in [3.8, 4) is 0 Å². The summed E-state index contributed by atoms with van der Waals surface area (Å²) < 4.78 is 37.3. The molecular formula is C11H8F3NO. The molecule has 2 nitrogen and oxygen atoms in total. The number of benzene rings is 1. The van der Waals surface area contributed by atoms with Gasteiger partial charge in [0.2, 0.25) is 0 Å². The van der Waals surface area contributed by atoms with Crippen LogP contribution in [0, 0.1) is 0 Å². The van der Waals surface area contributed by atoms with Crippen LogP contribution < -0.4 is 0 Å². The highest BCUT2D eigenvalue weighted by molar-refractivity contribution is 5.88. The molecule has 0 aliphatic carbocycles. The van der Waals surface area contributed by atoms with Gasteiger partial charge in [-0.1, -0.05) is 6.07 Å². The molecule has 16 heavy (non-hydrogen) atoms. The standard InChI is InChI=1S/C11H8F3NO/c12-10(11(13)14)6-1-2-9-7(3-6)4-8(5-16)15-9/h1-5,10-11,15H. The number of alkyl halides is 3. The van der Waals surface area contributed by atoms with E-state index in [9.17, 15) is 18.0 Å². The Balaban J connectivity index is 2.46. The van der Waals surface area contributed by atoms with E-state index in [1.165, 1.54) is 24.3 Å². The average molecular weight is 227 g/mol. The third-order valence-electron chi connectivity index (χ3n) is 2.33. The van der Waals surface area contributed by atoms with E-state index in [1.807, 2.05) is 0 Å². The molecule has 2 rings (SSSR count). The predicted octanol–water partition coefficient (Wildman–Crippen LogP) is 3.26. The van der Waals surface area contributed by atoms with Gasteiger partial charge in [-0.25, -0.2) is 13.2 Å². The Hall–Kier alpha value is -1.78. The monoisotopic (exact) mass is 227 g/mol. The summed E-state index contributed by atoms with van der Waals surface area (Å²) in [4.78, 5) is 13.2. The molecule has 1 heterocycles. The van der Waals surface area contributed by atoms with Gasteiger partial charge in [-0.05, 0) is 23.8 Å². The Bertz CT molecular complexity index is 521. The molecular weight excluding hydrogens is 219 g/mol. The second-order valence-electron chi connectivity index (χ2n) is 3.43. The van der Waals surface area contributed by atoms with Gasteiger partial charge in [0.15, 0.2) is 12.5 Å². The van der Waals surface area contributed by atoms with Crippen LogP contribution in [0.3, 0.4) is 0 Å². The fraction of sp³-hybridized carbons (Fsp3) is 0.182. The second kappa shape index (κ2) is 4.00. The van der Waals surface area contributed by atoms with Crippen LogP contribution >= 0.6 is 0 Å². The number of hydrogen-bond donors (Lipinski definition) is 1. The van der Waals surface area contributed by atoms with Gasteiger partial charge in [-0.3, -0.25) is 4.79 Å². The first-order valence-corrected chi connectivity index (χ1v) is 4.62. The van der Waals surface area contributed by atoms with E-state index in [0.29, 0.717) is 22.9 Å².